The van der Waals surface area contributed by atoms with E-state index in [-0.39, 0.29) is 17.2 Å². The Balaban J connectivity index is 3.17. The zero-order valence-electron chi connectivity index (χ0n) is 14.3. The second-order valence-corrected chi connectivity index (χ2v) is 6.38. The fraction of sp³-hybridized carbons (Fsp3) is 0.500. The van der Waals surface area contributed by atoms with E-state index in [1.54, 1.807) is 32.9 Å². The Hall–Kier alpha value is -2.15. The highest BCUT2D eigenvalue weighted by molar-refractivity contribution is 6.33. The van der Waals surface area contributed by atoms with Crippen LogP contribution in [-0.2, 0) is 9.53 Å². The molecule has 0 bridgehead atoms. The van der Waals surface area contributed by atoms with Crippen molar-refractivity contribution in [2.75, 3.05) is 14.2 Å². The van der Waals surface area contributed by atoms with E-state index in [2.05, 4.69) is 5.32 Å². The summed E-state index contributed by atoms with van der Waals surface area (Å²) in [5.41, 5.74) is -0.318. The van der Waals surface area contributed by atoms with E-state index >= 15 is 0 Å². The number of halogens is 1. The first kappa shape index (κ1) is 19.9. The van der Waals surface area contributed by atoms with Crippen molar-refractivity contribution in [2.24, 2.45) is 0 Å². The van der Waals surface area contributed by atoms with Gasteiger partial charge >= 0.3 is 12.1 Å². The second-order valence-electron chi connectivity index (χ2n) is 6.00. The van der Waals surface area contributed by atoms with Gasteiger partial charge in [-0.1, -0.05) is 17.7 Å². The molecule has 8 heteroatoms. The lowest BCUT2D eigenvalue weighted by molar-refractivity contribution is -0.137. The molecule has 1 aromatic carbocycles. The monoisotopic (exact) mass is 359 g/mol. The van der Waals surface area contributed by atoms with Gasteiger partial charge in [0.15, 0.2) is 11.5 Å². The molecule has 1 aromatic rings. The molecule has 7 nitrogen and oxygen atoms in total. The number of carbonyl (C=O) groups excluding carboxylic acids is 1. The number of benzene rings is 1. The van der Waals surface area contributed by atoms with Crippen LogP contribution in [0.15, 0.2) is 12.1 Å². The molecular weight excluding hydrogens is 338 g/mol. The zero-order valence-corrected chi connectivity index (χ0v) is 15.1. The fourth-order valence-electron chi connectivity index (χ4n) is 2.04. The molecule has 1 rings (SSSR count). The second kappa shape index (κ2) is 8.10. The van der Waals surface area contributed by atoms with E-state index in [4.69, 9.17) is 30.9 Å². The number of hydrogen-bond donors (Lipinski definition) is 2. The number of methoxy groups -OCH3 is 2. The molecule has 0 heterocycles. The van der Waals surface area contributed by atoms with Crippen LogP contribution in [0.5, 0.6) is 11.5 Å². The molecule has 0 fully saturated rings. The number of rotatable bonds is 6. The summed E-state index contributed by atoms with van der Waals surface area (Å²) >= 11 is 6.30. The Morgan fingerprint density at radius 2 is 1.88 bits per heavy atom. The normalized spacial score (nSPS) is 12.2. The van der Waals surface area contributed by atoms with Crippen molar-refractivity contribution >= 4 is 23.7 Å². The minimum absolute atomic E-state index is 0.166. The van der Waals surface area contributed by atoms with Crippen LogP contribution in [0.2, 0.25) is 5.02 Å². The molecule has 0 aliphatic rings. The highest BCUT2D eigenvalue weighted by atomic mass is 35.5. The van der Waals surface area contributed by atoms with Crippen LogP contribution in [0, 0.1) is 0 Å². The molecule has 0 aromatic heterocycles. The largest absolute Gasteiger partial charge is 0.493 e. The van der Waals surface area contributed by atoms with Crippen molar-refractivity contribution in [1.29, 1.82) is 0 Å². The van der Waals surface area contributed by atoms with Crippen molar-refractivity contribution in [2.45, 2.75) is 38.8 Å². The third kappa shape index (κ3) is 5.49. The molecule has 0 aliphatic carbocycles. The number of ether oxygens (including phenoxy) is 3. The molecule has 0 saturated carbocycles. The summed E-state index contributed by atoms with van der Waals surface area (Å²) < 4.78 is 15.5. The molecule has 0 saturated heterocycles. The first-order chi connectivity index (χ1) is 11.1. The first-order valence-electron chi connectivity index (χ1n) is 7.20. The van der Waals surface area contributed by atoms with Gasteiger partial charge in [-0.05, 0) is 32.4 Å². The van der Waals surface area contributed by atoms with Gasteiger partial charge in [-0.2, -0.15) is 0 Å². The third-order valence-corrected chi connectivity index (χ3v) is 3.35. The smallest absolute Gasteiger partial charge is 0.408 e. The number of alkyl carbamates (subject to hydrolysis) is 1. The number of nitrogens with one attached hydrogen (secondary N) is 1. The van der Waals surface area contributed by atoms with E-state index in [1.807, 2.05) is 0 Å². The number of amides is 1. The average Bonchev–Trinajstić information content (AvgIpc) is 2.43. The summed E-state index contributed by atoms with van der Waals surface area (Å²) in [6.07, 6.45) is -1.10. The lowest BCUT2D eigenvalue weighted by atomic mass is 10.0. The van der Waals surface area contributed by atoms with Gasteiger partial charge in [0.05, 0.1) is 31.7 Å². The number of aliphatic carboxylic acids is 1. The number of hydrogen-bond acceptors (Lipinski definition) is 5. The summed E-state index contributed by atoms with van der Waals surface area (Å²) in [7, 11) is 2.88. The Morgan fingerprint density at radius 1 is 1.25 bits per heavy atom. The summed E-state index contributed by atoms with van der Waals surface area (Å²) in [5, 5.41) is 11.8. The molecule has 1 atom stereocenters. The van der Waals surface area contributed by atoms with Crippen molar-refractivity contribution in [1.82, 2.24) is 5.32 Å². The Labute approximate surface area is 145 Å². The minimum Gasteiger partial charge on any atom is -0.493 e. The first-order valence-corrected chi connectivity index (χ1v) is 7.58. The average molecular weight is 360 g/mol. The van der Waals surface area contributed by atoms with E-state index < -0.39 is 23.7 Å². The molecule has 0 unspecified atom stereocenters. The molecule has 134 valence electrons. The lowest BCUT2D eigenvalue weighted by Gasteiger charge is -2.24. The zero-order chi connectivity index (χ0) is 18.5. The highest BCUT2D eigenvalue weighted by Gasteiger charge is 2.26. The van der Waals surface area contributed by atoms with Crippen LogP contribution in [0.25, 0.3) is 0 Å². The summed E-state index contributed by atoms with van der Waals surface area (Å²) in [5.74, 6) is -0.433. The van der Waals surface area contributed by atoms with Crippen LogP contribution < -0.4 is 14.8 Å². The van der Waals surface area contributed by atoms with Gasteiger partial charge in [0.1, 0.15) is 5.60 Å². The maximum absolute atomic E-state index is 12.0. The van der Waals surface area contributed by atoms with Gasteiger partial charge in [-0.25, -0.2) is 4.79 Å². The third-order valence-electron chi connectivity index (χ3n) is 2.96. The highest BCUT2D eigenvalue weighted by Crippen LogP contribution is 2.40. The standard InChI is InChI=1S/C16H22ClNO6/c1-16(2,3)24-15(21)18-10(8-12(19)20)9-6-7-11(22-4)14(23-5)13(9)17/h6-7,10H,8H2,1-5H3,(H,18,21)(H,19,20)/t10-/m0/s1. The van der Waals surface area contributed by atoms with Crippen molar-refractivity contribution < 1.29 is 28.9 Å². The van der Waals surface area contributed by atoms with E-state index in [0.29, 0.717) is 11.3 Å². The molecular formula is C16H22ClNO6. The van der Waals surface area contributed by atoms with Crippen LogP contribution in [0.4, 0.5) is 4.79 Å². The van der Waals surface area contributed by atoms with Crippen molar-refractivity contribution in [3.63, 3.8) is 0 Å². The Kier molecular flexibility index (Phi) is 6.71. The predicted octanol–water partition coefficient (Wildman–Crippen LogP) is 3.40. The SMILES string of the molecule is COc1ccc([C@H](CC(=O)O)NC(=O)OC(C)(C)C)c(Cl)c1OC. The fourth-order valence-corrected chi connectivity index (χ4v) is 2.40. The predicted molar refractivity (Wildman–Crippen MR) is 88.9 cm³/mol. The van der Waals surface area contributed by atoms with Gasteiger partial charge in [-0.3, -0.25) is 4.79 Å². The van der Waals surface area contributed by atoms with Gasteiger partial charge in [0, 0.05) is 0 Å². The van der Waals surface area contributed by atoms with Crippen LogP contribution >= 0.6 is 11.6 Å². The Morgan fingerprint density at radius 3 is 2.33 bits per heavy atom. The van der Waals surface area contributed by atoms with E-state index in [9.17, 15) is 9.59 Å². The van der Waals surface area contributed by atoms with E-state index in [1.165, 1.54) is 14.2 Å². The topological polar surface area (TPSA) is 94.1 Å². The lowest BCUT2D eigenvalue weighted by Crippen LogP contribution is -2.36. The molecule has 0 radical (unpaired) electrons. The van der Waals surface area contributed by atoms with Crippen LogP contribution in [-0.4, -0.2) is 37.0 Å². The van der Waals surface area contributed by atoms with Gasteiger partial charge in [0.2, 0.25) is 0 Å². The molecule has 24 heavy (non-hydrogen) atoms. The van der Waals surface area contributed by atoms with Gasteiger partial charge in [0.25, 0.3) is 0 Å². The van der Waals surface area contributed by atoms with Crippen LogP contribution in [0.3, 0.4) is 0 Å². The van der Waals surface area contributed by atoms with Gasteiger partial charge < -0.3 is 24.6 Å². The van der Waals surface area contributed by atoms with Crippen LogP contribution in [0.1, 0.15) is 38.8 Å². The minimum atomic E-state index is -1.10. The number of carboxylic acids is 1. The van der Waals surface area contributed by atoms with Crippen molar-refractivity contribution in [3.8, 4) is 11.5 Å². The van der Waals surface area contributed by atoms with Crippen molar-refractivity contribution in [3.05, 3.63) is 22.7 Å². The Bertz CT molecular complexity index is 611. The van der Waals surface area contributed by atoms with Gasteiger partial charge in [-0.15, -0.1) is 0 Å². The molecule has 0 aliphatic heterocycles. The number of carboxylic acid groups (broad SMARTS) is 1. The maximum atomic E-state index is 12.0. The molecule has 2 N–H and O–H groups in total. The number of carbonyl (C=O) groups is 2. The quantitative estimate of drug-likeness (QED) is 0.808. The molecule has 0 spiro atoms. The summed E-state index contributed by atoms with van der Waals surface area (Å²) in [6.45, 7) is 5.13. The van der Waals surface area contributed by atoms with E-state index in [0.717, 1.165) is 0 Å². The summed E-state index contributed by atoms with van der Waals surface area (Å²) in [6, 6.07) is 2.28. The molecule has 1 amide bonds. The summed E-state index contributed by atoms with van der Waals surface area (Å²) in [4.78, 5) is 23.1. The maximum Gasteiger partial charge on any atom is 0.408 e.